The summed E-state index contributed by atoms with van der Waals surface area (Å²) in [5.41, 5.74) is 1.25. The lowest BCUT2D eigenvalue weighted by Gasteiger charge is -2.44. The quantitative estimate of drug-likeness (QED) is 0.795. The highest BCUT2D eigenvalue weighted by molar-refractivity contribution is 5.79. The molecule has 5 heteroatoms. The molecule has 4 aliphatic rings. The Labute approximate surface area is 168 Å². The Morgan fingerprint density at radius 2 is 1.71 bits per heavy atom. The van der Waals surface area contributed by atoms with Crippen molar-refractivity contribution in [2.75, 3.05) is 32.8 Å². The van der Waals surface area contributed by atoms with Crippen LogP contribution in [0.1, 0.15) is 63.0 Å². The Balaban J connectivity index is 1.28. The second kappa shape index (κ2) is 7.94. The van der Waals surface area contributed by atoms with Crippen molar-refractivity contribution < 1.29 is 14.3 Å². The SMILES string of the molecule is O=C(CN1CCCC1c1ccc2c(c1)OCCO2)N1CCCC2CCCCC21. The van der Waals surface area contributed by atoms with Crippen LogP contribution in [0.25, 0.3) is 0 Å². The molecule has 3 unspecified atom stereocenters. The molecule has 28 heavy (non-hydrogen) atoms. The fraction of sp³-hybridized carbons (Fsp3) is 0.696. The van der Waals surface area contributed by atoms with Crippen molar-refractivity contribution in [3.8, 4) is 11.5 Å². The Morgan fingerprint density at radius 1 is 0.929 bits per heavy atom. The van der Waals surface area contributed by atoms with E-state index in [9.17, 15) is 4.79 Å². The first-order chi connectivity index (χ1) is 13.8. The molecule has 1 aromatic carbocycles. The maximum atomic E-state index is 13.3. The number of likely N-dealkylation sites (tertiary alicyclic amines) is 2. The van der Waals surface area contributed by atoms with E-state index in [1.807, 2.05) is 6.07 Å². The van der Waals surface area contributed by atoms with Crippen molar-refractivity contribution >= 4 is 5.91 Å². The average molecular weight is 385 g/mol. The molecule has 0 spiro atoms. The predicted octanol–water partition coefficient (Wildman–Crippen LogP) is 3.78. The largest absolute Gasteiger partial charge is 0.486 e. The van der Waals surface area contributed by atoms with Crippen LogP contribution >= 0.6 is 0 Å². The van der Waals surface area contributed by atoms with Gasteiger partial charge in [0.15, 0.2) is 11.5 Å². The van der Waals surface area contributed by atoms with E-state index in [0.717, 1.165) is 43.3 Å². The van der Waals surface area contributed by atoms with Gasteiger partial charge >= 0.3 is 0 Å². The third-order valence-corrected chi connectivity index (χ3v) is 7.22. The number of hydrogen-bond donors (Lipinski definition) is 0. The topological polar surface area (TPSA) is 42.0 Å². The van der Waals surface area contributed by atoms with Gasteiger partial charge in [0.05, 0.1) is 6.54 Å². The molecule has 2 saturated heterocycles. The molecule has 0 bridgehead atoms. The number of fused-ring (bicyclic) bond motifs is 2. The van der Waals surface area contributed by atoms with E-state index in [-0.39, 0.29) is 0 Å². The lowest BCUT2D eigenvalue weighted by molar-refractivity contribution is -0.139. The monoisotopic (exact) mass is 384 g/mol. The molecule has 0 radical (unpaired) electrons. The predicted molar refractivity (Wildman–Crippen MR) is 108 cm³/mol. The first-order valence-electron chi connectivity index (χ1n) is 11.2. The molecule has 3 aliphatic heterocycles. The van der Waals surface area contributed by atoms with Gasteiger partial charge in [0, 0.05) is 18.6 Å². The van der Waals surface area contributed by atoms with E-state index in [4.69, 9.17) is 9.47 Å². The number of carbonyl (C=O) groups excluding carboxylic acids is 1. The molecule has 1 amide bonds. The summed E-state index contributed by atoms with van der Waals surface area (Å²) in [5, 5.41) is 0. The van der Waals surface area contributed by atoms with Crippen molar-refractivity contribution in [1.29, 1.82) is 0 Å². The van der Waals surface area contributed by atoms with Crippen molar-refractivity contribution in [2.45, 2.75) is 63.5 Å². The number of rotatable bonds is 3. The molecular weight excluding hydrogens is 352 g/mol. The van der Waals surface area contributed by atoms with Gasteiger partial charge in [0.2, 0.25) is 5.91 Å². The number of ether oxygens (including phenoxy) is 2. The summed E-state index contributed by atoms with van der Waals surface area (Å²) in [6.45, 7) is 3.76. The van der Waals surface area contributed by atoms with Crippen LogP contribution in [0, 0.1) is 5.92 Å². The highest BCUT2D eigenvalue weighted by Crippen LogP contribution is 2.39. The van der Waals surface area contributed by atoms with Gasteiger partial charge in [0.25, 0.3) is 0 Å². The molecule has 152 valence electrons. The number of amides is 1. The fourth-order valence-corrected chi connectivity index (χ4v) is 5.86. The number of piperidine rings is 1. The number of carbonyl (C=O) groups is 1. The molecule has 3 fully saturated rings. The van der Waals surface area contributed by atoms with Crippen LogP contribution in [-0.2, 0) is 4.79 Å². The van der Waals surface area contributed by atoms with Gasteiger partial charge in [-0.3, -0.25) is 9.69 Å². The van der Waals surface area contributed by atoms with Gasteiger partial charge in [0.1, 0.15) is 13.2 Å². The zero-order valence-corrected chi connectivity index (χ0v) is 16.8. The van der Waals surface area contributed by atoms with Crippen molar-refractivity contribution in [3.63, 3.8) is 0 Å². The Hall–Kier alpha value is -1.75. The number of nitrogens with zero attached hydrogens (tertiary/aromatic N) is 2. The molecule has 3 atom stereocenters. The van der Waals surface area contributed by atoms with Crippen LogP contribution in [0.2, 0.25) is 0 Å². The fourth-order valence-electron chi connectivity index (χ4n) is 5.86. The third kappa shape index (κ3) is 3.49. The minimum Gasteiger partial charge on any atom is -0.486 e. The van der Waals surface area contributed by atoms with Crippen molar-refractivity contribution in [1.82, 2.24) is 9.80 Å². The summed E-state index contributed by atoms with van der Waals surface area (Å²) in [5.74, 6) is 2.79. The first-order valence-corrected chi connectivity index (χ1v) is 11.2. The molecule has 0 aromatic heterocycles. The molecule has 1 saturated carbocycles. The molecule has 5 rings (SSSR count). The summed E-state index contributed by atoms with van der Waals surface area (Å²) < 4.78 is 11.4. The molecular formula is C23H32N2O3. The highest BCUT2D eigenvalue weighted by Gasteiger charge is 2.37. The van der Waals surface area contributed by atoms with Crippen LogP contribution in [-0.4, -0.2) is 54.6 Å². The Kier molecular flexibility index (Phi) is 5.19. The van der Waals surface area contributed by atoms with E-state index in [1.54, 1.807) is 0 Å². The van der Waals surface area contributed by atoms with Crippen LogP contribution in [0.15, 0.2) is 18.2 Å². The molecule has 0 N–H and O–H groups in total. The van der Waals surface area contributed by atoms with Crippen LogP contribution in [0.3, 0.4) is 0 Å². The van der Waals surface area contributed by atoms with Gasteiger partial charge in [-0.05, 0) is 68.7 Å². The van der Waals surface area contributed by atoms with E-state index < -0.39 is 0 Å². The number of hydrogen-bond acceptors (Lipinski definition) is 4. The van der Waals surface area contributed by atoms with E-state index in [2.05, 4.69) is 21.9 Å². The van der Waals surface area contributed by atoms with Gasteiger partial charge < -0.3 is 14.4 Å². The van der Waals surface area contributed by atoms with Crippen LogP contribution in [0.4, 0.5) is 0 Å². The zero-order chi connectivity index (χ0) is 18.9. The van der Waals surface area contributed by atoms with Crippen LogP contribution < -0.4 is 9.47 Å². The normalized spacial score (nSPS) is 30.1. The molecule has 1 aromatic rings. The average Bonchev–Trinajstić information content (AvgIpc) is 3.21. The lowest BCUT2D eigenvalue weighted by atomic mass is 9.78. The van der Waals surface area contributed by atoms with Gasteiger partial charge in [-0.1, -0.05) is 18.9 Å². The zero-order valence-electron chi connectivity index (χ0n) is 16.8. The minimum atomic E-state index is 0.312. The highest BCUT2D eigenvalue weighted by atomic mass is 16.6. The van der Waals surface area contributed by atoms with Gasteiger partial charge in [-0.2, -0.15) is 0 Å². The third-order valence-electron chi connectivity index (χ3n) is 7.22. The summed E-state index contributed by atoms with van der Waals surface area (Å²) >= 11 is 0. The van der Waals surface area contributed by atoms with Crippen molar-refractivity contribution in [3.05, 3.63) is 23.8 Å². The summed E-state index contributed by atoms with van der Waals surface area (Å²) in [4.78, 5) is 17.9. The molecule has 5 nitrogen and oxygen atoms in total. The van der Waals surface area contributed by atoms with Crippen LogP contribution in [0.5, 0.6) is 11.5 Å². The van der Waals surface area contributed by atoms with E-state index in [0.29, 0.717) is 37.7 Å². The minimum absolute atomic E-state index is 0.312. The number of benzene rings is 1. The standard InChI is InChI=1S/C23H32N2O3/c26-23(25-12-3-6-17-5-1-2-7-20(17)25)16-24-11-4-8-19(24)18-9-10-21-22(15-18)28-14-13-27-21/h9-10,15,17,19-20H,1-8,11-14,16H2. The van der Waals surface area contributed by atoms with Crippen molar-refractivity contribution in [2.24, 2.45) is 5.92 Å². The van der Waals surface area contributed by atoms with Gasteiger partial charge in [-0.25, -0.2) is 0 Å². The lowest BCUT2D eigenvalue weighted by Crippen LogP contribution is -2.52. The maximum absolute atomic E-state index is 13.3. The molecule has 1 aliphatic carbocycles. The van der Waals surface area contributed by atoms with E-state index in [1.165, 1.54) is 44.1 Å². The summed E-state index contributed by atoms with van der Waals surface area (Å²) in [7, 11) is 0. The second-order valence-electron chi connectivity index (χ2n) is 8.87. The van der Waals surface area contributed by atoms with E-state index >= 15 is 0 Å². The second-order valence-corrected chi connectivity index (χ2v) is 8.87. The first kappa shape index (κ1) is 18.3. The maximum Gasteiger partial charge on any atom is 0.237 e. The smallest absolute Gasteiger partial charge is 0.237 e. The summed E-state index contributed by atoms with van der Waals surface area (Å²) in [6, 6.07) is 7.12. The van der Waals surface area contributed by atoms with Gasteiger partial charge in [-0.15, -0.1) is 0 Å². The Morgan fingerprint density at radius 3 is 2.64 bits per heavy atom. The summed E-state index contributed by atoms with van der Waals surface area (Å²) in [6.07, 6.45) is 9.92. The molecule has 3 heterocycles. The Bertz CT molecular complexity index is 720.